The van der Waals surface area contributed by atoms with Gasteiger partial charge in [-0.3, -0.25) is 4.79 Å². The van der Waals surface area contributed by atoms with Crippen molar-refractivity contribution in [3.05, 3.63) is 77.7 Å². The lowest BCUT2D eigenvalue weighted by Crippen LogP contribution is -2.14. The summed E-state index contributed by atoms with van der Waals surface area (Å²) in [4.78, 5) is 12.2. The number of nitrogens with zero attached hydrogens (tertiary/aromatic N) is 2. The van der Waals surface area contributed by atoms with E-state index in [1.165, 1.54) is 12.1 Å². The molecule has 0 spiro atoms. The molecule has 5 nitrogen and oxygen atoms in total. The summed E-state index contributed by atoms with van der Waals surface area (Å²) in [7, 11) is 0. The number of hydrogen-bond acceptors (Lipinski definition) is 4. The van der Waals surface area contributed by atoms with Crippen LogP contribution in [0.15, 0.2) is 60.7 Å². The van der Waals surface area contributed by atoms with Gasteiger partial charge in [-0.15, -0.1) is 10.2 Å². The molecule has 0 saturated carbocycles. The number of hydrogen-bond donors (Lipinski definition) is 2. The maximum Gasteiger partial charge on any atom is 0.276 e. The fourth-order valence-corrected chi connectivity index (χ4v) is 2.14. The molecule has 0 aliphatic carbocycles. The van der Waals surface area contributed by atoms with Crippen LogP contribution in [0.2, 0.25) is 0 Å². The van der Waals surface area contributed by atoms with Crippen molar-refractivity contribution in [2.75, 3.05) is 10.6 Å². The standard InChI is InChI=1S/C18H15FN4O/c1-12-5-4-6-13(11-12)20-18(24)16-9-10-17(23-22-16)21-15-8-3-2-7-14(15)19/h2-11H,1H3,(H,20,24)(H,21,23). The van der Waals surface area contributed by atoms with Gasteiger partial charge in [-0.25, -0.2) is 4.39 Å². The molecule has 120 valence electrons. The minimum absolute atomic E-state index is 0.176. The zero-order valence-electron chi connectivity index (χ0n) is 13.0. The van der Waals surface area contributed by atoms with Crippen molar-refractivity contribution >= 4 is 23.1 Å². The van der Waals surface area contributed by atoms with E-state index in [0.717, 1.165) is 5.56 Å². The molecule has 1 amide bonds. The van der Waals surface area contributed by atoms with Crippen molar-refractivity contribution in [2.45, 2.75) is 6.92 Å². The number of para-hydroxylation sites is 1. The zero-order chi connectivity index (χ0) is 16.9. The van der Waals surface area contributed by atoms with Crippen molar-refractivity contribution in [3.63, 3.8) is 0 Å². The Hall–Kier alpha value is -3.28. The highest BCUT2D eigenvalue weighted by molar-refractivity contribution is 6.02. The first-order chi connectivity index (χ1) is 11.6. The van der Waals surface area contributed by atoms with Crippen LogP contribution in [0.1, 0.15) is 16.1 Å². The van der Waals surface area contributed by atoms with E-state index < -0.39 is 0 Å². The van der Waals surface area contributed by atoms with Crippen molar-refractivity contribution in [3.8, 4) is 0 Å². The molecule has 0 unspecified atom stereocenters. The zero-order valence-corrected chi connectivity index (χ0v) is 13.0. The molecule has 2 N–H and O–H groups in total. The maximum absolute atomic E-state index is 13.6. The van der Waals surface area contributed by atoms with Crippen molar-refractivity contribution in [1.29, 1.82) is 0 Å². The molecule has 3 aromatic rings. The van der Waals surface area contributed by atoms with E-state index in [0.29, 0.717) is 17.2 Å². The largest absolute Gasteiger partial charge is 0.336 e. The second-order valence-electron chi connectivity index (χ2n) is 5.23. The number of benzene rings is 2. The number of rotatable bonds is 4. The van der Waals surface area contributed by atoms with Crippen LogP contribution in [-0.4, -0.2) is 16.1 Å². The first-order valence-corrected chi connectivity index (χ1v) is 7.35. The van der Waals surface area contributed by atoms with Gasteiger partial charge >= 0.3 is 0 Å². The van der Waals surface area contributed by atoms with Gasteiger partial charge in [0.25, 0.3) is 5.91 Å². The summed E-state index contributed by atoms with van der Waals surface area (Å²) in [5, 5.41) is 13.4. The Kier molecular flexibility index (Phi) is 4.47. The molecule has 0 aliphatic heterocycles. The number of aryl methyl sites for hydroxylation is 1. The highest BCUT2D eigenvalue weighted by Gasteiger charge is 2.09. The number of anilines is 3. The second-order valence-corrected chi connectivity index (χ2v) is 5.23. The van der Waals surface area contributed by atoms with Crippen molar-refractivity contribution in [2.24, 2.45) is 0 Å². The van der Waals surface area contributed by atoms with Crippen LogP contribution in [0, 0.1) is 12.7 Å². The number of carbonyl (C=O) groups excluding carboxylic acids is 1. The SMILES string of the molecule is Cc1cccc(NC(=O)c2ccc(Nc3ccccc3F)nn2)c1. The van der Waals surface area contributed by atoms with E-state index in [-0.39, 0.29) is 17.4 Å². The van der Waals surface area contributed by atoms with Gasteiger partial charge in [-0.1, -0.05) is 24.3 Å². The van der Waals surface area contributed by atoms with Gasteiger partial charge in [0.1, 0.15) is 5.82 Å². The van der Waals surface area contributed by atoms with Crippen LogP contribution >= 0.6 is 0 Å². The molecule has 1 aromatic heterocycles. The topological polar surface area (TPSA) is 66.9 Å². The first-order valence-electron chi connectivity index (χ1n) is 7.35. The molecule has 2 aromatic carbocycles. The van der Waals surface area contributed by atoms with E-state index in [9.17, 15) is 9.18 Å². The molecule has 0 radical (unpaired) electrons. The number of halogens is 1. The Balaban J connectivity index is 1.70. The summed E-state index contributed by atoms with van der Waals surface area (Å²) < 4.78 is 13.6. The van der Waals surface area contributed by atoms with Gasteiger partial charge in [0, 0.05) is 5.69 Å². The number of amides is 1. The Morgan fingerprint density at radius 2 is 1.83 bits per heavy atom. The van der Waals surface area contributed by atoms with Crippen LogP contribution in [0.5, 0.6) is 0 Å². The predicted octanol–water partition coefficient (Wildman–Crippen LogP) is 3.92. The summed E-state index contributed by atoms with van der Waals surface area (Å²) in [6, 6.07) is 16.8. The normalized spacial score (nSPS) is 10.2. The lowest BCUT2D eigenvalue weighted by atomic mass is 10.2. The third-order valence-corrected chi connectivity index (χ3v) is 3.31. The third-order valence-electron chi connectivity index (χ3n) is 3.31. The van der Waals surface area contributed by atoms with Crippen LogP contribution in [0.4, 0.5) is 21.6 Å². The smallest absolute Gasteiger partial charge is 0.276 e. The van der Waals surface area contributed by atoms with Crippen LogP contribution in [0.3, 0.4) is 0 Å². The van der Waals surface area contributed by atoms with Gasteiger partial charge < -0.3 is 10.6 Å². The Morgan fingerprint density at radius 3 is 2.54 bits per heavy atom. The van der Waals surface area contributed by atoms with Crippen LogP contribution in [0.25, 0.3) is 0 Å². The number of carbonyl (C=O) groups is 1. The molecule has 24 heavy (non-hydrogen) atoms. The Morgan fingerprint density at radius 1 is 1.00 bits per heavy atom. The molecule has 3 rings (SSSR count). The van der Waals surface area contributed by atoms with Gasteiger partial charge in [0.15, 0.2) is 11.5 Å². The molecule has 0 fully saturated rings. The Labute approximate surface area is 138 Å². The fraction of sp³-hybridized carbons (Fsp3) is 0.0556. The summed E-state index contributed by atoms with van der Waals surface area (Å²) in [5.41, 5.74) is 2.21. The minimum Gasteiger partial charge on any atom is -0.336 e. The molecule has 0 bridgehead atoms. The monoisotopic (exact) mass is 322 g/mol. The number of aromatic nitrogens is 2. The average molecular weight is 322 g/mol. The molecule has 0 saturated heterocycles. The summed E-state index contributed by atoms with van der Waals surface area (Å²) >= 11 is 0. The summed E-state index contributed by atoms with van der Waals surface area (Å²) in [5.74, 6) is -0.390. The van der Waals surface area contributed by atoms with Crippen molar-refractivity contribution < 1.29 is 9.18 Å². The lowest BCUT2D eigenvalue weighted by molar-refractivity contribution is 0.102. The maximum atomic E-state index is 13.6. The minimum atomic E-state index is -0.388. The fourth-order valence-electron chi connectivity index (χ4n) is 2.14. The van der Waals surface area contributed by atoms with E-state index in [1.54, 1.807) is 30.3 Å². The molecular formula is C18H15FN4O. The van der Waals surface area contributed by atoms with Crippen LogP contribution < -0.4 is 10.6 Å². The first kappa shape index (κ1) is 15.6. The van der Waals surface area contributed by atoms with Gasteiger partial charge in [0.2, 0.25) is 0 Å². The molecule has 1 heterocycles. The van der Waals surface area contributed by atoms with Gasteiger partial charge in [-0.05, 0) is 48.9 Å². The molecular weight excluding hydrogens is 307 g/mol. The third kappa shape index (κ3) is 3.73. The summed E-state index contributed by atoms with van der Waals surface area (Å²) in [6.07, 6.45) is 0. The highest BCUT2D eigenvalue weighted by Crippen LogP contribution is 2.17. The quantitative estimate of drug-likeness (QED) is 0.764. The predicted molar refractivity (Wildman–Crippen MR) is 90.8 cm³/mol. The van der Waals surface area contributed by atoms with Crippen LogP contribution in [-0.2, 0) is 0 Å². The molecule has 0 atom stereocenters. The summed E-state index contributed by atoms with van der Waals surface area (Å²) in [6.45, 7) is 1.94. The van der Waals surface area contributed by atoms with Gasteiger partial charge in [0.05, 0.1) is 5.69 Å². The lowest BCUT2D eigenvalue weighted by Gasteiger charge is -2.07. The second kappa shape index (κ2) is 6.87. The average Bonchev–Trinajstić information content (AvgIpc) is 2.57. The van der Waals surface area contributed by atoms with Crippen molar-refractivity contribution in [1.82, 2.24) is 10.2 Å². The van der Waals surface area contributed by atoms with E-state index in [2.05, 4.69) is 20.8 Å². The number of nitrogens with one attached hydrogen (secondary N) is 2. The highest BCUT2D eigenvalue weighted by atomic mass is 19.1. The molecule has 0 aliphatic rings. The van der Waals surface area contributed by atoms with Gasteiger partial charge in [-0.2, -0.15) is 0 Å². The van der Waals surface area contributed by atoms with E-state index in [4.69, 9.17) is 0 Å². The van der Waals surface area contributed by atoms with E-state index >= 15 is 0 Å². The van der Waals surface area contributed by atoms with E-state index in [1.807, 2.05) is 25.1 Å². The Bertz CT molecular complexity index is 865. The molecule has 6 heteroatoms.